The first-order chi connectivity index (χ1) is 11.5. The molecule has 0 aliphatic heterocycles. The van der Waals surface area contributed by atoms with Crippen LogP contribution in [0, 0.1) is 9.39 Å². The predicted molar refractivity (Wildman–Crippen MR) is 99.9 cm³/mol. The number of hydrogen-bond donors (Lipinski definition) is 1. The van der Waals surface area contributed by atoms with Gasteiger partial charge in [-0.25, -0.2) is 4.39 Å². The smallest absolute Gasteiger partial charge is 0.256 e. The van der Waals surface area contributed by atoms with Gasteiger partial charge in [0.05, 0.1) is 24.0 Å². The number of halogens is 3. The zero-order valence-corrected chi connectivity index (χ0v) is 15.3. The molecule has 0 aliphatic carbocycles. The van der Waals surface area contributed by atoms with Crippen molar-refractivity contribution in [1.29, 1.82) is 0 Å². The molecule has 7 heteroatoms. The number of aromatic nitrogens is 2. The molecule has 0 saturated carbocycles. The number of nitrogens with zero attached hydrogens (tertiary/aromatic N) is 2. The lowest BCUT2D eigenvalue weighted by atomic mass is 10.2. The van der Waals surface area contributed by atoms with Crippen molar-refractivity contribution in [2.75, 3.05) is 5.32 Å². The second-order valence-corrected chi connectivity index (χ2v) is 6.63. The summed E-state index contributed by atoms with van der Waals surface area (Å²) in [6.45, 7) is 0.185. The van der Waals surface area contributed by atoms with E-state index in [1.54, 1.807) is 30.5 Å². The quantitative estimate of drug-likeness (QED) is 0.586. The Labute approximate surface area is 156 Å². The number of anilines is 1. The lowest BCUT2D eigenvalue weighted by Crippen LogP contribution is -2.12. The number of carbonyl (C=O) groups excluding carboxylic acids is 1. The van der Waals surface area contributed by atoms with E-state index in [1.807, 2.05) is 12.1 Å². The Morgan fingerprint density at radius 2 is 2.04 bits per heavy atom. The molecule has 1 heterocycles. The van der Waals surface area contributed by atoms with Crippen molar-refractivity contribution in [2.45, 2.75) is 6.54 Å². The van der Waals surface area contributed by atoms with Crippen LogP contribution in [0.1, 0.15) is 15.9 Å². The van der Waals surface area contributed by atoms with Gasteiger partial charge in [0.15, 0.2) is 0 Å². The van der Waals surface area contributed by atoms with Gasteiger partial charge in [0.1, 0.15) is 5.82 Å². The van der Waals surface area contributed by atoms with Crippen LogP contribution < -0.4 is 5.32 Å². The standard InChI is InChI=1S/C17H12ClFIN3O/c18-14-5-3-6-15(19)13(14)10-23-9-11(8-21-23)22-17(24)12-4-1-2-7-16(12)20/h1-9H,10H2,(H,22,24). The Morgan fingerprint density at radius 1 is 1.25 bits per heavy atom. The SMILES string of the molecule is O=C(Nc1cnn(Cc2c(F)cccc2Cl)c1)c1ccccc1I. The molecule has 24 heavy (non-hydrogen) atoms. The first-order valence-corrected chi connectivity index (χ1v) is 8.51. The van der Waals surface area contributed by atoms with Gasteiger partial charge in [-0.3, -0.25) is 9.48 Å². The molecule has 1 aromatic heterocycles. The van der Waals surface area contributed by atoms with E-state index >= 15 is 0 Å². The molecule has 1 amide bonds. The van der Waals surface area contributed by atoms with E-state index in [2.05, 4.69) is 33.0 Å². The fourth-order valence-electron chi connectivity index (χ4n) is 2.20. The fourth-order valence-corrected chi connectivity index (χ4v) is 3.06. The Hall–Kier alpha value is -1.93. The van der Waals surface area contributed by atoms with E-state index in [0.717, 1.165) is 3.57 Å². The minimum absolute atomic E-state index is 0.185. The number of hydrogen-bond acceptors (Lipinski definition) is 2. The number of nitrogens with one attached hydrogen (secondary N) is 1. The summed E-state index contributed by atoms with van der Waals surface area (Å²) in [5.74, 6) is -0.606. The summed E-state index contributed by atoms with van der Waals surface area (Å²) in [7, 11) is 0. The van der Waals surface area contributed by atoms with Gasteiger partial charge in [-0.15, -0.1) is 0 Å². The molecule has 122 valence electrons. The zero-order valence-electron chi connectivity index (χ0n) is 12.3. The van der Waals surface area contributed by atoms with Gasteiger partial charge in [0.2, 0.25) is 0 Å². The maximum atomic E-state index is 13.8. The van der Waals surface area contributed by atoms with Crippen LogP contribution in [0.5, 0.6) is 0 Å². The first kappa shape index (κ1) is 16.9. The molecule has 0 saturated heterocycles. The van der Waals surface area contributed by atoms with Crippen LogP contribution in [-0.4, -0.2) is 15.7 Å². The highest BCUT2D eigenvalue weighted by Crippen LogP contribution is 2.20. The van der Waals surface area contributed by atoms with Crippen molar-refractivity contribution in [3.05, 3.63) is 80.4 Å². The molecule has 3 rings (SSSR count). The summed E-state index contributed by atoms with van der Waals surface area (Å²) in [4.78, 5) is 12.3. The van der Waals surface area contributed by atoms with E-state index in [9.17, 15) is 9.18 Å². The molecule has 3 aromatic rings. The second kappa shape index (κ2) is 7.31. The summed E-state index contributed by atoms with van der Waals surface area (Å²) in [6, 6.07) is 11.8. The molecule has 4 nitrogen and oxygen atoms in total. The normalized spacial score (nSPS) is 10.6. The van der Waals surface area contributed by atoms with Gasteiger partial charge >= 0.3 is 0 Å². The highest BCUT2D eigenvalue weighted by molar-refractivity contribution is 14.1. The van der Waals surface area contributed by atoms with Crippen molar-refractivity contribution in [3.8, 4) is 0 Å². The van der Waals surface area contributed by atoms with Gasteiger partial charge in [-0.1, -0.05) is 29.8 Å². The number of rotatable bonds is 4. The van der Waals surface area contributed by atoms with Crippen LogP contribution in [-0.2, 0) is 6.54 Å². The van der Waals surface area contributed by atoms with E-state index in [-0.39, 0.29) is 18.3 Å². The molecule has 0 fully saturated rings. The Balaban J connectivity index is 1.74. The zero-order chi connectivity index (χ0) is 17.1. The van der Waals surface area contributed by atoms with Crippen LogP contribution in [0.4, 0.5) is 10.1 Å². The average molecular weight is 456 g/mol. The molecule has 2 aromatic carbocycles. The van der Waals surface area contributed by atoms with Crippen LogP contribution in [0.25, 0.3) is 0 Å². The number of benzene rings is 2. The molecule has 0 bridgehead atoms. The lowest BCUT2D eigenvalue weighted by molar-refractivity contribution is 0.102. The Bertz CT molecular complexity index is 877. The third-order valence-electron chi connectivity index (χ3n) is 3.39. The molecule has 0 aliphatic rings. The minimum atomic E-state index is -0.387. The van der Waals surface area contributed by atoms with Crippen LogP contribution in [0.3, 0.4) is 0 Å². The maximum absolute atomic E-state index is 13.8. The average Bonchev–Trinajstić information content (AvgIpc) is 2.98. The molecular weight excluding hydrogens is 444 g/mol. The topological polar surface area (TPSA) is 46.9 Å². The van der Waals surface area contributed by atoms with Gasteiger partial charge in [-0.2, -0.15) is 5.10 Å². The van der Waals surface area contributed by atoms with Crippen LogP contribution >= 0.6 is 34.2 Å². The predicted octanol–water partition coefficient (Wildman–Crippen LogP) is 4.58. The van der Waals surface area contributed by atoms with Gasteiger partial charge < -0.3 is 5.32 Å². The number of amides is 1. The third kappa shape index (κ3) is 3.76. The van der Waals surface area contributed by atoms with E-state index in [1.165, 1.54) is 16.9 Å². The van der Waals surface area contributed by atoms with Crippen molar-refractivity contribution < 1.29 is 9.18 Å². The van der Waals surface area contributed by atoms with Crippen molar-refractivity contribution in [3.63, 3.8) is 0 Å². The fraction of sp³-hybridized carbons (Fsp3) is 0.0588. The van der Waals surface area contributed by atoms with Gasteiger partial charge in [0, 0.05) is 20.4 Å². The summed E-state index contributed by atoms with van der Waals surface area (Å²) in [6.07, 6.45) is 3.15. The highest BCUT2D eigenvalue weighted by Gasteiger charge is 2.12. The third-order valence-corrected chi connectivity index (χ3v) is 4.69. The van der Waals surface area contributed by atoms with Crippen LogP contribution in [0.2, 0.25) is 5.02 Å². The lowest BCUT2D eigenvalue weighted by Gasteiger charge is -2.06. The van der Waals surface area contributed by atoms with E-state index in [0.29, 0.717) is 21.8 Å². The minimum Gasteiger partial charge on any atom is -0.319 e. The highest BCUT2D eigenvalue weighted by atomic mass is 127. The Morgan fingerprint density at radius 3 is 2.79 bits per heavy atom. The van der Waals surface area contributed by atoms with E-state index < -0.39 is 0 Å². The molecular formula is C17H12ClFIN3O. The van der Waals surface area contributed by atoms with Gasteiger partial charge in [-0.05, 0) is 46.9 Å². The van der Waals surface area contributed by atoms with Crippen molar-refractivity contribution in [2.24, 2.45) is 0 Å². The second-order valence-electron chi connectivity index (χ2n) is 5.06. The summed E-state index contributed by atoms with van der Waals surface area (Å²) in [5, 5.41) is 7.26. The summed E-state index contributed by atoms with van der Waals surface area (Å²) < 4.78 is 16.2. The maximum Gasteiger partial charge on any atom is 0.256 e. The first-order valence-electron chi connectivity index (χ1n) is 7.06. The summed E-state index contributed by atoms with van der Waals surface area (Å²) >= 11 is 8.12. The van der Waals surface area contributed by atoms with E-state index in [4.69, 9.17) is 11.6 Å². The Kier molecular flexibility index (Phi) is 5.15. The molecule has 0 atom stereocenters. The molecule has 1 N–H and O–H groups in total. The largest absolute Gasteiger partial charge is 0.319 e. The van der Waals surface area contributed by atoms with Crippen LogP contribution in [0.15, 0.2) is 54.9 Å². The van der Waals surface area contributed by atoms with Crippen molar-refractivity contribution in [1.82, 2.24) is 9.78 Å². The molecule has 0 radical (unpaired) electrons. The summed E-state index contributed by atoms with van der Waals surface area (Å²) in [5.41, 5.74) is 1.48. The monoisotopic (exact) mass is 455 g/mol. The number of carbonyl (C=O) groups is 1. The molecule has 0 unspecified atom stereocenters. The van der Waals surface area contributed by atoms with Gasteiger partial charge in [0.25, 0.3) is 5.91 Å². The van der Waals surface area contributed by atoms with Crippen molar-refractivity contribution >= 4 is 45.8 Å². The molecule has 0 spiro atoms.